The standard InChI is InChI=1S/C15H24/c1-11(2)13-7-9-15(4)8-5-6-12(3)14(15)10-13/h14H,3,5-10H2,1-2,4H3. The first kappa shape index (κ1) is 11.0. The van der Waals surface area contributed by atoms with Crippen molar-refractivity contribution in [2.24, 2.45) is 11.3 Å². The molecule has 0 aromatic rings. The minimum atomic E-state index is 0.578. The SMILES string of the molecule is C=C1CCCC2(C)CCC(=C(C)C)CC12. The van der Waals surface area contributed by atoms with E-state index in [1.165, 1.54) is 44.1 Å². The van der Waals surface area contributed by atoms with Crippen molar-refractivity contribution < 1.29 is 0 Å². The fourth-order valence-corrected chi connectivity index (χ4v) is 3.49. The fraction of sp³-hybridized carbons (Fsp3) is 0.733. The van der Waals surface area contributed by atoms with E-state index in [0.29, 0.717) is 5.41 Å². The number of hydrogen-bond donors (Lipinski definition) is 0. The summed E-state index contributed by atoms with van der Waals surface area (Å²) in [5, 5.41) is 0. The van der Waals surface area contributed by atoms with Crippen LogP contribution in [0, 0.1) is 11.3 Å². The Morgan fingerprint density at radius 1 is 1.27 bits per heavy atom. The maximum absolute atomic E-state index is 4.31. The fourth-order valence-electron chi connectivity index (χ4n) is 3.49. The molecule has 2 aliphatic carbocycles. The lowest BCUT2D eigenvalue weighted by Gasteiger charge is -2.47. The molecular weight excluding hydrogens is 180 g/mol. The van der Waals surface area contributed by atoms with Gasteiger partial charge in [0.1, 0.15) is 0 Å². The average Bonchev–Trinajstić information content (AvgIpc) is 2.17. The Balaban J connectivity index is 2.23. The molecule has 0 aromatic carbocycles. The van der Waals surface area contributed by atoms with Gasteiger partial charge in [-0.05, 0) is 63.7 Å². The van der Waals surface area contributed by atoms with Crippen molar-refractivity contribution in [3.63, 3.8) is 0 Å². The van der Waals surface area contributed by atoms with Gasteiger partial charge in [0, 0.05) is 0 Å². The van der Waals surface area contributed by atoms with Gasteiger partial charge in [0.05, 0.1) is 0 Å². The summed E-state index contributed by atoms with van der Waals surface area (Å²) in [6.07, 6.45) is 8.09. The van der Waals surface area contributed by atoms with Gasteiger partial charge in [0.15, 0.2) is 0 Å². The van der Waals surface area contributed by atoms with Crippen molar-refractivity contribution in [2.45, 2.75) is 59.3 Å². The Kier molecular flexibility index (Phi) is 2.79. The van der Waals surface area contributed by atoms with Crippen LogP contribution in [0.25, 0.3) is 0 Å². The minimum Gasteiger partial charge on any atom is -0.0995 e. The molecule has 0 bridgehead atoms. The van der Waals surface area contributed by atoms with Crippen LogP contribution in [0.15, 0.2) is 23.3 Å². The summed E-state index contributed by atoms with van der Waals surface area (Å²) in [6, 6.07) is 0. The van der Waals surface area contributed by atoms with E-state index in [2.05, 4.69) is 27.4 Å². The first-order valence-electron chi connectivity index (χ1n) is 6.36. The van der Waals surface area contributed by atoms with Crippen LogP contribution in [-0.2, 0) is 0 Å². The highest BCUT2D eigenvalue weighted by Crippen LogP contribution is 2.53. The van der Waals surface area contributed by atoms with E-state index in [4.69, 9.17) is 0 Å². The largest absolute Gasteiger partial charge is 0.0995 e. The van der Waals surface area contributed by atoms with Gasteiger partial charge in [-0.15, -0.1) is 0 Å². The van der Waals surface area contributed by atoms with Gasteiger partial charge >= 0.3 is 0 Å². The molecule has 0 aliphatic heterocycles. The molecule has 2 rings (SSSR count). The van der Waals surface area contributed by atoms with E-state index < -0.39 is 0 Å². The lowest BCUT2D eigenvalue weighted by atomic mass is 9.58. The maximum Gasteiger partial charge on any atom is -0.0114 e. The second kappa shape index (κ2) is 3.81. The smallest absolute Gasteiger partial charge is 0.0114 e. The normalized spacial score (nSPS) is 36.3. The van der Waals surface area contributed by atoms with E-state index in [-0.39, 0.29) is 0 Å². The molecule has 0 radical (unpaired) electrons. The first-order valence-corrected chi connectivity index (χ1v) is 6.36. The topological polar surface area (TPSA) is 0 Å². The van der Waals surface area contributed by atoms with E-state index in [1.54, 1.807) is 11.1 Å². The molecule has 0 heterocycles. The Morgan fingerprint density at radius 3 is 2.67 bits per heavy atom. The van der Waals surface area contributed by atoms with Crippen LogP contribution in [0.3, 0.4) is 0 Å². The van der Waals surface area contributed by atoms with Gasteiger partial charge in [0.25, 0.3) is 0 Å². The van der Waals surface area contributed by atoms with Crippen LogP contribution < -0.4 is 0 Å². The molecular formula is C15H24. The average molecular weight is 204 g/mol. The molecule has 0 amide bonds. The van der Waals surface area contributed by atoms with Gasteiger partial charge in [-0.3, -0.25) is 0 Å². The minimum absolute atomic E-state index is 0.578. The third-order valence-electron chi connectivity index (χ3n) is 4.74. The van der Waals surface area contributed by atoms with Crippen molar-refractivity contribution in [1.29, 1.82) is 0 Å². The Bertz CT molecular complexity index is 304. The molecule has 0 heteroatoms. The zero-order valence-electron chi connectivity index (χ0n) is 10.5. The predicted molar refractivity (Wildman–Crippen MR) is 66.8 cm³/mol. The summed E-state index contributed by atoms with van der Waals surface area (Å²) in [6.45, 7) is 11.3. The van der Waals surface area contributed by atoms with E-state index in [1.807, 2.05) is 0 Å². The summed E-state index contributed by atoms with van der Waals surface area (Å²) in [7, 11) is 0. The zero-order valence-corrected chi connectivity index (χ0v) is 10.5. The quantitative estimate of drug-likeness (QED) is 0.494. The van der Waals surface area contributed by atoms with Gasteiger partial charge < -0.3 is 0 Å². The molecule has 2 fully saturated rings. The number of allylic oxidation sites excluding steroid dienone is 3. The van der Waals surface area contributed by atoms with Crippen LogP contribution in [0.5, 0.6) is 0 Å². The predicted octanol–water partition coefficient (Wildman–Crippen LogP) is 4.87. The van der Waals surface area contributed by atoms with Crippen LogP contribution in [0.2, 0.25) is 0 Å². The van der Waals surface area contributed by atoms with Crippen molar-refractivity contribution in [2.75, 3.05) is 0 Å². The second-order valence-electron chi connectivity index (χ2n) is 6.03. The third kappa shape index (κ3) is 1.91. The van der Waals surface area contributed by atoms with Crippen molar-refractivity contribution in [3.05, 3.63) is 23.3 Å². The van der Waals surface area contributed by atoms with Crippen molar-refractivity contribution in [1.82, 2.24) is 0 Å². The lowest BCUT2D eigenvalue weighted by molar-refractivity contribution is 0.127. The Morgan fingerprint density at radius 2 is 2.00 bits per heavy atom. The molecule has 2 atom stereocenters. The highest BCUT2D eigenvalue weighted by Gasteiger charge is 2.41. The van der Waals surface area contributed by atoms with Gasteiger partial charge in [-0.2, -0.15) is 0 Å². The maximum atomic E-state index is 4.31. The lowest BCUT2D eigenvalue weighted by Crippen LogP contribution is -2.35. The summed E-state index contributed by atoms with van der Waals surface area (Å²) in [5.41, 5.74) is 5.37. The third-order valence-corrected chi connectivity index (χ3v) is 4.74. The molecule has 0 spiro atoms. The zero-order chi connectivity index (χ0) is 11.1. The summed E-state index contributed by atoms with van der Waals surface area (Å²) < 4.78 is 0. The molecule has 0 N–H and O–H groups in total. The van der Waals surface area contributed by atoms with Crippen LogP contribution in [-0.4, -0.2) is 0 Å². The first-order chi connectivity index (χ1) is 7.03. The molecule has 0 aromatic heterocycles. The molecule has 2 unspecified atom stereocenters. The molecule has 0 saturated heterocycles. The summed E-state index contributed by atoms with van der Waals surface area (Å²) in [5.74, 6) is 0.782. The Labute approximate surface area is 94.5 Å². The van der Waals surface area contributed by atoms with Crippen molar-refractivity contribution >= 4 is 0 Å². The van der Waals surface area contributed by atoms with Crippen LogP contribution >= 0.6 is 0 Å². The molecule has 0 nitrogen and oxygen atoms in total. The molecule has 84 valence electrons. The molecule has 2 aliphatic rings. The van der Waals surface area contributed by atoms with Gasteiger partial charge in [0.2, 0.25) is 0 Å². The Hall–Kier alpha value is -0.520. The van der Waals surface area contributed by atoms with E-state index in [0.717, 1.165) is 5.92 Å². The molecule has 15 heavy (non-hydrogen) atoms. The second-order valence-corrected chi connectivity index (χ2v) is 6.03. The highest BCUT2D eigenvalue weighted by molar-refractivity contribution is 5.22. The summed E-state index contributed by atoms with van der Waals surface area (Å²) >= 11 is 0. The van der Waals surface area contributed by atoms with Gasteiger partial charge in [-0.1, -0.05) is 30.2 Å². The van der Waals surface area contributed by atoms with E-state index in [9.17, 15) is 0 Å². The number of fused-ring (bicyclic) bond motifs is 1. The van der Waals surface area contributed by atoms with Crippen LogP contribution in [0.4, 0.5) is 0 Å². The van der Waals surface area contributed by atoms with Crippen molar-refractivity contribution in [3.8, 4) is 0 Å². The summed E-state index contributed by atoms with van der Waals surface area (Å²) in [4.78, 5) is 0. The van der Waals surface area contributed by atoms with E-state index >= 15 is 0 Å². The molecule has 2 saturated carbocycles. The highest BCUT2D eigenvalue weighted by atomic mass is 14.5. The van der Waals surface area contributed by atoms with Gasteiger partial charge in [-0.25, -0.2) is 0 Å². The van der Waals surface area contributed by atoms with Crippen LogP contribution in [0.1, 0.15) is 59.3 Å². The monoisotopic (exact) mass is 204 g/mol. The number of hydrogen-bond acceptors (Lipinski definition) is 0. The number of rotatable bonds is 0.